The molecular formula is C14H21ClN2. The molecule has 2 nitrogen and oxygen atoms in total. The Labute approximate surface area is 109 Å². The standard InChI is InChI=1S/C14H21ClN2/c1-11-3-2-8-17(10-11)14(9-16)12-4-6-13(15)7-5-12/h4-7,11,14H,2-3,8-10,16H2,1H3. The maximum atomic E-state index is 5.94. The highest BCUT2D eigenvalue weighted by Crippen LogP contribution is 2.26. The van der Waals surface area contributed by atoms with Crippen LogP contribution >= 0.6 is 11.6 Å². The van der Waals surface area contributed by atoms with Crippen molar-refractivity contribution in [2.75, 3.05) is 19.6 Å². The molecule has 94 valence electrons. The number of benzene rings is 1. The molecule has 0 aromatic heterocycles. The van der Waals surface area contributed by atoms with Gasteiger partial charge >= 0.3 is 0 Å². The Morgan fingerprint density at radius 2 is 2.12 bits per heavy atom. The van der Waals surface area contributed by atoms with Crippen molar-refractivity contribution in [1.82, 2.24) is 4.90 Å². The van der Waals surface area contributed by atoms with Gasteiger partial charge in [0.05, 0.1) is 0 Å². The maximum absolute atomic E-state index is 5.94. The number of halogens is 1. The quantitative estimate of drug-likeness (QED) is 0.896. The molecule has 1 aliphatic rings. The minimum Gasteiger partial charge on any atom is -0.329 e. The van der Waals surface area contributed by atoms with Gasteiger partial charge in [0, 0.05) is 24.2 Å². The molecule has 1 aromatic carbocycles. The van der Waals surface area contributed by atoms with E-state index in [1.54, 1.807) is 0 Å². The number of nitrogens with zero attached hydrogens (tertiary/aromatic N) is 1. The van der Waals surface area contributed by atoms with Gasteiger partial charge in [-0.15, -0.1) is 0 Å². The highest BCUT2D eigenvalue weighted by atomic mass is 35.5. The molecule has 3 heteroatoms. The predicted octanol–water partition coefficient (Wildman–Crippen LogP) is 3.07. The lowest BCUT2D eigenvalue weighted by molar-refractivity contribution is 0.133. The predicted molar refractivity (Wildman–Crippen MR) is 73.2 cm³/mol. The highest BCUT2D eigenvalue weighted by Gasteiger charge is 2.23. The molecule has 1 heterocycles. The van der Waals surface area contributed by atoms with Gasteiger partial charge in [0.15, 0.2) is 0 Å². The fourth-order valence-corrected chi connectivity index (χ4v) is 2.82. The molecule has 0 aliphatic carbocycles. The van der Waals surface area contributed by atoms with Gasteiger partial charge < -0.3 is 5.73 Å². The normalized spacial score (nSPS) is 23.6. The second-order valence-corrected chi connectivity index (χ2v) is 5.48. The van der Waals surface area contributed by atoms with E-state index in [0.29, 0.717) is 12.6 Å². The lowest BCUT2D eigenvalue weighted by Crippen LogP contribution is -2.40. The van der Waals surface area contributed by atoms with Crippen LogP contribution < -0.4 is 5.73 Å². The number of nitrogens with two attached hydrogens (primary N) is 1. The third-order valence-corrected chi connectivity index (χ3v) is 3.86. The summed E-state index contributed by atoms with van der Waals surface area (Å²) in [6.07, 6.45) is 2.62. The summed E-state index contributed by atoms with van der Waals surface area (Å²) in [5.41, 5.74) is 7.23. The van der Waals surface area contributed by atoms with Gasteiger partial charge in [-0.05, 0) is 43.0 Å². The Kier molecular flexibility index (Phi) is 4.43. The summed E-state index contributed by atoms with van der Waals surface area (Å²) in [5, 5.41) is 0.788. The molecule has 0 radical (unpaired) electrons. The third kappa shape index (κ3) is 3.21. The van der Waals surface area contributed by atoms with Crippen LogP contribution in [0.3, 0.4) is 0 Å². The molecule has 1 aliphatic heterocycles. The van der Waals surface area contributed by atoms with E-state index in [2.05, 4.69) is 24.0 Å². The minimum atomic E-state index is 0.343. The zero-order valence-corrected chi connectivity index (χ0v) is 11.2. The molecule has 1 aromatic rings. The summed E-state index contributed by atoms with van der Waals surface area (Å²) >= 11 is 5.92. The first-order valence-electron chi connectivity index (χ1n) is 6.40. The molecule has 1 saturated heterocycles. The average Bonchev–Trinajstić information content (AvgIpc) is 2.33. The van der Waals surface area contributed by atoms with Crippen LogP contribution in [0.4, 0.5) is 0 Å². The van der Waals surface area contributed by atoms with Crippen LogP contribution in [0.1, 0.15) is 31.4 Å². The number of hydrogen-bond acceptors (Lipinski definition) is 2. The molecule has 2 N–H and O–H groups in total. The molecule has 0 spiro atoms. The van der Waals surface area contributed by atoms with E-state index in [-0.39, 0.29) is 0 Å². The first-order chi connectivity index (χ1) is 8.20. The number of hydrogen-bond donors (Lipinski definition) is 1. The molecule has 2 atom stereocenters. The molecule has 0 saturated carbocycles. The Morgan fingerprint density at radius 3 is 2.71 bits per heavy atom. The van der Waals surface area contributed by atoms with Gasteiger partial charge in [0.25, 0.3) is 0 Å². The maximum Gasteiger partial charge on any atom is 0.0470 e. The van der Waals surface area contributed by atoms with E-state index in [0.717, 1.165) is 24.0 Å². The van der Waals surface area contributed by atoms with Crippen molar-refractivity contribution >= 4 is 11.6 Å². The van der Waals surface area contributed by atoms with Gasteiger partial charge in [-0.3, -0.25) is 4.90 Å². The van der Waals surface area contributed by atoms with Crippen molar-refractivity contribution < 1.29 is 0 Å². The molecule has 2 unspecified atom stereocenters. The zero-order chi connectivity index (χ0) is 12.3. The topological polar surface area (TPSA) is 29.3 Å². The largest absolute Gasteiger partial charge is 0.329 e. The van der Waals surface area contributed by atoms with Gasteiger partial charge in [-0.1, -0.05) is 30.7 Å². The second kappa shape index (κ2) is 5.85. The monoisotopic (exact) mass is 252 g/mol. The zero-order valence-electron chi connectivity index (χ0n) is 10.4. The number of piperidine rings is 1. The van der Waals surface area contributed by atoms with Crippen LogP contribution in [0.25, 0.3) is 0 Å². The van der Waals surface area contributed by atoms with Crippen LogP contribution in [0.5, 0.6) is 0 Å². The van der Waals surface area contributed by atoms with E-state index in [1.165, 1.54) is 18.4 Å². The summed E-state index contributed by atoms with van der Waals surface area (Å²) in [6.45, 7) is 5.31. The van der Waals surface area contributed by atoms with Crippen molar-refractivity contribution in [3.63, 3.8) is 0 Å². The molecular weight excluding hydrogens is 232 g/mol. The van der Waals surface area contributed by atoms with Crippen LogP contribution in [0, 0.1) is 5.92 Å². The fraction of sp³-hybridized carbons (Fsp3) is 0.571. The second-order valence-electron chi connectivity index (χ2n) is 5.05. The summed E-state index contributed by atoms with van der Waals surface area (Å²) in [5.74, 6) is 0.783. The Bertz CT molecular complexity index is 350. The summed E-state index contributed by atoms with van der Waals surface area (Å²) in [7, 11) is 0. The van der Waals surface area contributed by atoms with Crippen molar-refractivity contribution in [2.24, 2.45) is 11.7 Å². The van der Waals surface area contributed by atoms with E-state index < -0.39 is 0 Å². The number of rotatable bonds is 3. The molecule has 17 heavy (non-hydrogen) atoms. The van der Waals surface area contributed by atoms with E-state index in [9.17, 15) is 0 Å². The van der Waals surface area contributed by atoms with Crippen molar-refractivity contribution in [3.05, 3.63) is 34.9 Å². The lowest BCUT2D eigenvalue weighted by atomic mass is 9.96. The van der Waals surface area contributed by atoms with Gasteiger partial charge in [0.2, 0.25) is 0 Å². The average molecular weight is 253 g/mol. The minimum absolute atomic E-state index is 0.343. The van der Waals surface area contributed by atoms with Gasteiger partial charge in [-0.25, -0.2) is 0 Å². The lowest BCUT2D eigenvalue weighted by Gasteiger charge is -2.37. The summed E-state index contributed by atoms with van der Waals surface area (Å²) in [4.78, 5) is 2.51. The van der Waals surface area contributed by atoms with E-state index in [1.807, 2.05) is 12.1 Å². The SMILES string of the molecule is CC1CCCN(C(CN)c2ccc(Cl)cc2)C1. The van der Waals surface area contributed by atoms with Gasteiger partial charge in [-0.2, -0.15) is 0 Å². The van der Waals surface area contributed by atoms with Crippen molar-refractivity contribution in [2.45, 2.75) is 25.8 Å². The van der Waals surface area contributed by atoms with Crippen LogP contribution in [-0.4, -0.2) is 24.5 Å². The van der Waals surface area contributed by atoms with Crippen molar-refractivity contribution in [3.8, 4) is 0 Å². The van der Waals surface area contributed by atoms with Crippen molar-refractivity contribution in [1.29, 1.82) is 0 Å². The molecule has 1 fully saturated rings. The van der Waals surface area contributed by atoms with E-state index >= 15 is 0 Å². The summed E-state index contributed by atoms with van der Waals surface area (Å²) < 4.78 is 0. The van der Waals surface area contributed by atoms with Crippen LogP contribution in [-0.2, 0) is 0 Å². The highest BCUT2D eigenvalue weighted by molar-refractivity contribution is 6.30. The molecule has 0 amide bonds. The molecule has 2 rings (SSSR count). The first kappa shape index (κ1) is 12.9. The smallest absolute Gasteiger partial charge is 0.0470 e. The third-order valence-electron chi connectivity index (χ3n) is 3.61. The fourth-order valence-electron chi connectivity index (χ4n) is 2.69. The first-order valence-corrected chi connectivity index (χ1v) is 6.78. The summed E-state index contributed by atoms with van der Waals surface area (Å²) in [6, 6.07) is 8.44. The Morgan fingerprint density at radius 1 is 1.41 bits per heavy atom. The van der Waals surface area contributed by atoms with Crippen LogP contribution in [0.15, 0.2) is 24.3 Å². The van der Waals surface area contributed by atoms with E-state index in [4.69, 9.17) is 17.3 Å². The van der Waals surface area contributed by atoms with Gasteiger partial charge in [0.1, 0.15) is 0 Å². The van der Waals surface area contributed by atoms with Crippen LogP contribution in [0.2, 0.25) is 5.02 Å². The number of likely N-dealkylation sites (tertiary alicyclic amines) is 1. The molecule has 0 bridgehead atoms. The Balaban J connectivity index is 2.12. The Hall–Kier alpha value is -0.570.